The monoisotopic (exact) mass is 438 g/mol. The molecule has 0 saturated carbocycles. The first-order valence-corrected chi connectivity index (χ1v) is 10.0. The molecule has 2 heterocycles. The molecular weight excluding hydrogens is 412 g/mol. The van der Waals surface area contributed by atoms with Gasteiger partial charge < -0.3 is 14.0 Å². The Hall–Kier alpha value is -3.88. The van der Waals surface area contributed by atoms with Crippen LogP contribution in [0.5, 0.6) is 0 Å². The highest BCUT2D eigenvalue weighted by Gasteiger charge is 2.21. The van der Waals surface area contributed by atoms with Crippen LogP contribution in [0.1, 0.15) is 37.7 Å². The van der Waals surface area contributed by atoms with E-state index in [-0.39, 0.29) is 12.4 Å². The van der Waals surface area contributed by atoms with Gasteiger partial charge in [0.15, 0.2) is 0 Å². The number of ether oxygens (including phenoxy) is 2. The fourth-order valence-electron chi connectivity index (χ4n) is 2.79. The van der Waals surface area contributed by atoms with Crippen molar-refractivity contribution in [2.75, 3.05) is 10.6 Å². The van der Waals surface area contributed by atoms with Crippen LogP contribution in [0, 0.1) is 13.8 Å². The SMILES string of the molecule is Cc1nc(-c2onc(C)c2NC(=O)OCc2ccccc2)ccc1NC(=O)OC(C)(C)C. The third-order valence-corrected chi connectivity index (χ3v) is 4.26. The van der Waals surface area contributed by atoms with Gasteiger partial charge in [0.05, 0.1) is 11.4 Å². The van der Waals surface area contributed by atoms with E-state index in [4.69, 9.17) is 14.0 Å². The first-order valence-electron chi connectivity index (χ1n) is 10.0. The number of carbonyl (C=O) groups is 2. The summed E-state index contributed by atoms with van der Waals surface area (Å²) in [6.45, 7) is 8.92. The van der Waals surface area contributed by atoms with Crippen LogP contribution in [0.15, 0.2) is 47.0 Å². The summed E-state index contributed by atoms with van der Waals surface area (Å²) in [6, 6.07) is 12.7. The largest absolute Gasteiger partial charge is 0.444 e. The maximum Gasteiger partial charge on any atom is 0.412 e. The fourth-order valence-corrected chi connectivity index (χ4v) is 2.79. The van der Waals surface area contributed by atoms with Gasteiger partial charge in [-0.1, -0.05) is 35.5 Å². The van der Waals surface area contributed by atoms with Crippen LogP contribution in [-0.4, -0.2) is 27.9 Å². The van der Waals surface area contributed by atoms with Gasteiger partial charge in [-0.15, -0.1) is 0 Å². The Morgan fingerprint density at radius 3 is 2.34 bits per heavy atom. The van der Waals surface area contributed by atoms with E-state index in [2.05, 4.69) is 20.8 Å². The molecule has 1 aromatic carbocycles. The van der Waals surface area contributed by atoms with Crippen molar-refractivity contribution in [2.24, 2.45) is 0 Å². The van der Waals surface area contributed by atoms with E-state index in [1.807, 2.05) is 30.3 Å². The summed E-state index contributed by atoms with van der Waals surface area (Å²) in [5.41, 5.74) is 2.58. The van der Waals surface area contributed by atoms with Gasteiger partial charge in [0.25, 0.3) is 0 Å². The Bertz CT molecular complexity index is 1100. The van der Waals surface area contributed by atoms with Crippen molar-refractivity contribution < 1.29 is 23.6 Å². The van der Waals surface area contributed by atoms with E-state index in [0.29, 0.717) is 28.5 Å². The second kappa shape index (κ2) is 9.51. The van der Waals surface area contributed by atoms with Crippen molar-refractivity contribution in [1.29, 1.82) is 0 Å². The number of anilines is 2. The molecule has 9 nitrogen and oxygen atoms in total. The number of amides is 2. The van der Waals surface area contributed by atoms with Crippen molar-refractivity contribution in [3.8, 4) is 11.5 Å². The summed E-state index contributed by atoms with van der Waals surface area (Å²) >= 11 is 0. The van der Waals surface area contributed by atoms with Crippen molar-refractivity contribution in [1.82, 2.24) is 10.1 Å². The minimum atomic E-state index is -0.638. The third-order valence-electron chi connectivity index (χ3n) is 4.26. The highest BCUT2D eigenvalue weighted by molar-refractivity contribution is 5.90. The van der Waals surface area contributed by atoms with Crippen LogP contribution in [0.4, 0.5) is 21.0 Å². The highest BCUT2D eigenvalue weighted by atomic mass is 16.6. The van der Waals surface area contributed by atoms with E-state index in [1.54, 1.807) is 46.8 Å². The zero-order chi connectivity index (χ0) is 23.3. The van der Waals surface area contributed by atoms with Crippen LogP contribution in [0.2, 0.25) is 0 Å². The van der Waals surface area contributed by atoms with Crippen LogP contribution in [0.3, 0.4) is 0 Å². The van der Waals surface area contributed by atoms with Crippen LogP contribution >= 0.6 is 0 Å². The number of aryl methyl sites for hydroxylation is 2. The first kappa shape index (κ1) is 22.8. The lowest BCUT2D eigenvalue weighted by Gasteiger charge is -2.20. The Morgan fingerprint density at radius 1 is 0.969 bits per heavy atom. The summed E-state index contributed by atoms with van der Waals surface area (Å²) in [6.07, 6.45) is -1.21. The topological polar surface area (TPSA) is 116 Å². The smallest absolute Gasteiger partial charge is 0.412 e. The van der Waals surface area contributed by atoms with Gasteiger partial charge in [-0.25, -0.2) is 14.6 Å². The quantitative estimate of drug-likeness (QED) is 0.544. The van der Waals surface area contributed by atoms with Crippen molar-refractivity contribution >= 4 is 23.6 Å². The molecule has 0 aliphatic carbocycles. The van der Waals surface area contributed by atoms with E-state index in [0.717, 1.165) is 5.56 Å². The average Bonchev–Trinajstić information content (AvgIpc) is 3.07. The molecule has 0 aliphatic heterocycles. The van der Waals surface area contributed by atoms with Gasteiger partial charge in [0, 0.05) is 0 Å². The molecule has 2 aromatic heterocycles. The Kier molecular flexibility index (Phi) is 6.77. The minimum absolute atomic E-state index is 0.134. The number of nitrogens with one attached hydrogen (secondary N) is 2. The zero-order valence-electron chi connectivity index (χ0n) is 18.7. The van der Waals surface area contributed by atoms with Gasteiger partial charge in [-0.3, -0.25) is 10.6 Å². The third kappa shape index (κ3) is 6.07. The number of nitrogens with zero attached hydrogens (tertiary/aromatic N) is 2. The predicted octanol–water partition coefficient (Wildman–Crippen LogP) is 5.45. The molecule has 168 valence electrons. The predicted molar refractivity (Wildman–Crippen MR) is 119 cm³/mol. The van der Waals surface area contributed by atoms with Gasteiger partial charge in [-0.05, 0) is 52.3 Å². The molecule has 0 saturated heterocycles. The van der Waals surface area contributed by atoms with Crippen molar-refractivity contribution in [2.45, 2.75) is 46.8 Å². The fraction of sp³-hybridized carbons (Fsp3) is 0.304. The van der Waals surface area contributed by atoms with Gasteiger partial charge in [-0.2, -0.15) is 0 Å². The number of hydrogen-bond donors (Lipinski definition) is 2. The summed E-state index contributed by atoms with van der Waals surface area (Å²) in [5.74, 6) is 0.283. The zero-order valence-corrected chi connectivity index (χ0v) is 18.7. The van der Waals surface area contributed by atoms with Gasteiger partial charge in [0.1, 0.15) is 29.3 Å². The van der Waals surface area contributed by atoms with Crippen LogP contribution in [0.25, 0.3) is 11.5 Å². The highest BCUT2D eigenvalue weighted by Crippen LogP contribution is 2.31. The molecule has 0 bridgehead atoms. The number of rotatable bonds is 5. The lowest BCUT2D eigenvalue weighted by molar-refractivity contribution is 0.0635. The number of benzene rings is 1. The number of aromatic nitrogens is 2. The Morgan fingerprint density at radius 2 is 1.69 bits per heavy atom. The first-order chi connectivity index (χ1) is 15.1. The number of carbonyl (C=O) groups excluding carboxylic acids is 2. The standard InChI is InChI=1S/C23H26N4O5/c1-14-17(25-22(29)31-23(3,4)5)11-12-18(24-14)20-19(15(2)27-32-20)26-21(28)30-13-16-9-7-6-8-10-16/h6-12H,13H2,1-5H3,(H,25,29)(H,26,28). The summed E-state index contributed by atoms with van der Waals surface area (Å²) in [5, 5.41) is 9.27. The van der Waals surface area contributed by atoms with Crippen LogP contribution < -0.4 is 10.6 Å². The van der Waals surface area contributed by atoms with E-state index in [9.17, 15) is 9.59 Å². The minimum Gasteiger partial charge on any atom is -0.444 e. The van der Waals surface area contributed by atoms with Gasteiger partial charge in [0.2, 0.25) is 5.76 Å². The molecule has 0 radical (unpaired) electrons. The molecule has 3 rings (SSSR count). The van der Waals surface area contributed by atoms with Crippen molar-refractivity contribution in [3.63, 3.8) is 0 Å². The molecule has 0 fully saturated rings. The maximum absolute atomic E-state index is 12.3. The second-order valence-electron chi connectivity index (χ2n) is 8.12. The second-order valence-corrected chi connectivity index (χ2v) is 8.12. The van der Waals surface area contributed by atoms with E-state index in [1.165, 1.54) is 0 Å². The van der Waals surface area contributed by atoms with E-state index < -0.39 is 17.8 Å². The molecule has 0 atom stereocenters. The Balaban J connectivity index is 1.71. The maximum atomic E-state index is 12.3. The summed E-state index contributed by atoms with van der Waals surface area (Å²) in [7, 11) is 0. The van der Waals surface area contributed by atoms with Gasteiger partial charge >= 0.3 is 12.2 Å². The molecule has 9 heteroatoms. The van der Waals surface area contributed by atoms with Crippen molar-refractivity contribution in [3.05, 3.63) is 59.4 Å². The average molecular weight is 438 g/mol. The molecule has 2 N–H and O–H groups in total. The Labute approximate surface area is 186 Å². The molecular formula is C23H26N4O5. The molecule has 2 amide bonds. The number of pyridine rings is 1. The summed E-state index contributed by atoms with van der Waals surface area (Å²) in [4.78, 5) is 28.8. The normalized spacial score (nSPS) is 11.0. The van der Waals surface area contributed by atoms with E-state index >= 15 is 0 Å². The van der Waals surface area contributed by atoms with Crippen LogP contribution in [-0.2, 0) is 16.1 Å². The summed E-state index contributed by atoms with van der Waals surface area (Å²) < 4.78 is 15.9. The lowest BCUT2D eigenvalue weighted by Crippen LogP contribution is -2.27. The number of hydrogen-bond acceptors (Lipinski definition) is 7. The molecule has 32 heavy (non-hydrogen) atoms. The lowest BCUT2D eigenvalue weighted by atomic mass is 10.2. The molecule has 0 aliphatic rings. The molecule has 3 aromatic rings. The molecule has 0 unspecified atom stereocenters. The molecule has 0 spiro atoms.